The Morgan fingerprint density at radius 1 is 1.17 bits per heavy atom. The van der Waals surface area contributed by atoms with Crippen molar-refractivity contribution in [1.29, 1.82) is 0 Å². The third-order valence-corrected chi connectivity index (χ3v) is 7.38. The summed E-state index contributed by atoms with van der Waals surface area (Å²) in [6, 6.07) is 9.00. The minimum atomic E-state index is -3.50. The molecule has 0 bridgehead atoms. The van der Waals surface area contributed by atoms with E-state index in [1.165, 1.54) is 21.7 Å². The molecule has 1 aliphatic rings. The molecule has 1 amide bonds. The number of benzene rings is 1. The molecule has 1 aromatic heterocycles. The minimum absolute atomic E-state index is 0.254. The molecule has 0 unspecified atom stereocenters. The van der Waals surface area contributed by atoms with Gasteiger partial charge in [0, 0.05) is 23.7 Å². The minimum Gasteiger partial charge on any atom is -0.321 e. The number of hydrogen-bond acceptors (Lipinski definition) is 4. The van der Waals surface area contributed by atoms with Crippen LogP contribution in [0.5, 0.6) is 0 Å². The normalized spacial score (nSPS) is 15.6. The molecule has 1 N–H and O–H groups in total. The maximum Gasteiger partial charge on any atom is 0.265 e. The average Bonchev–Trinajstić information content (AvgIpc) is 3.19. The number of amides is 1. The van der Waals surface area contributed by atoms with Crippen LogP contribution in [-0.2, 0) is 10.0 Å². The van der Waals surface area contributed by atoms with Gasteiger partial charge in [0.05, 0.1) is 9.77 Å². The Bertz CT molecular complexity index is 866. The van der Waals surface area contributed by atoms with Crippen molar-refractivity contribution >= 4 is 33.0 Å². The van der Waals surface area contributed by atoms with Crippen LogP contribution in [0.25, 0.3) is 0 Å². The Labute approximate surface area is 146 Å². The zero-order chi connectivity index (χ0) is 17.3. The van der Waals surface area contributed by atoms with E-state index in [0.717, 1.165) is 24.1 Å². The van der Waals surface area contributed by atoms with Crippen molar-refractivity contribution in [2.24, 2.45) is 0 Å². The number of nitrogens with zero attached hydrogens (tertiary/aromatic N) is 1. The first-order valence-corrected chi connectivity index (χ1v) is 10.1. The van der Waals surface area contributed by atoms with Crippen LogP contribution in [0, 0.1) is 13.8 Å². The number of hydrogen-bond donors (Lipinski definition) is 1. The molecular weight excluding hydrogens is 344 g/mol. The van der Waals surface area contributed by atoms with Gasteiger partial charge >= 0.3 is 0 Å². The van der Waals surface area contributed by atoms with Gasteiger partial charge in [-0.3, -0.25) is 4.79 Å². The van der Waals surface area contributed by atoms with Crippen LogP contribution in [0.1, 0.15) is 33.0 Å². The number of para-hydroxylation sites is 1. The number of rotatable bonds is 4. The molecule has 128 valence electrons. The molecule has 2 heterocycles. The molecule has 1 aromatic carbocycles. The highest BCUT2D eigenvalue weighted by molar-refractivity contribution is 7.89. The van der Waals surface area contributed by atoms with E-state index in [0.29, 0.717) is 22.8 Å². The van der Waals surface area contributed by atoms with Crippen LogP contribution in [0.3, 0.4) is 0 Å². The van der Waals surface area contributed by atoms with Gasteiger partial charge in [-0.15, -0.1) is 11.3 Å². The highest BCUT2D eigenvalue weighted by Crippen LogP contribution is 2.30. The van der Waals surface area contributed by atoms with Crippen LogP contribution in [0.4, 0.5) is 5.69 Å². The fraction of sp³-hybridized carbons (Fsp3) is 0.353. The standard InChI is InChI=1S/C17H20N2O3S2/c1-12-7-3-4-8-14(12)18-17(20)15-11-16(13(2)23-15)24(21,22)19-9-5-6-10-19/h3-4,7-8,11H,5-6,9-10H2,1-2H3,(H,18,20). The van der Waals surface area contributed by atoms with Gasteiger partial charge in [0.25, 0.3) is 5.91 Å². The van der Waals surface area contributed by atoms with Gasteiger partial charge in [0.1, 0.15) is 0 Å². The summed E-state index contributed by atoms with van der Waals surface area (Å²) in [4.78, 5) is 13.8. The SMILES string of the molecule is Cc1ccccc1NC(=O)c1cc(S(=O)(=O)N2CCCC2)c(C)s1. The first kappa shape index (κ1) is 17.1. The topological polar surface area (TPSA) is 66.5 Å². The van der Waals surface area contributed by atoms with E-state index in [1.807, 2.05) is 31.2 Å². The van der Waals surface area contributed by atoms with Crippen LogP contribution in [-0.4, -0.2) is 31.7 Å². The fourth-order valence-electron chi connectivity index (χ4n) is 2.80. The predicted molar refractivity (Wildman–Crippen MR) is 96.2 cm³/mol. The molecule has 0 aliphatic carbocycles. The highest BCUT2D eigenvalue weighted by atomic mass is 32.2. The summed E-state index contributed by atoms with van der Waals surface area (Å²) in [6.07, 6.45) is 1.78. The van der Waals surface area contributed by atoms with Crippen molar-refractivity contribution < 1.29 is 13.2 Å². The number of thiophene rings is 1. The third-order valence-electron chi connectivity index (χ3n) is 4.17. The second-order valence-electron chi connectivity index (χ2n) is 5.91. The van der Waals surface area contributed by atoms with E-state index < -0.39 is 10.0 Å². The Kier molecular flexibility index (Phi) is 4.76. The van der Waals surface area contributed by atoms with Crippen LogP contribution in [0.2, 0.25) is 0 Å². The molecule has 0 spiro atoms. The molecule has 24 heavy (non-hydrogen) atoms. The molecule has 1 saturated heterocycles. The van der Waals surface area contributed by atoms with Crippen molar-refractivity contribution in [2.75, 3.05) is 18.4 Å². The average molecular weight is 364 g/mol. The van der Waals surface area contributed by atoms with E-state index in [1.54, 1.807) is 6.92 Å². The molecular formula is C17H20N2O3S2. The summed E-state index contributed by atoms with van der Waals surface area (Å²) in [5, 5.41) is 2.85. The summed E-state index contributed by atoms with van der Waals surface area (Å²) in [7, 11) is -3.50. The molecule has 2 aromatic rings. The van der Waals surface area contributed by atoms with Crippen molar-refractivity contribution in [1.82, 2.24) is 4.31 Å². The number of sulfonamides is 1. The van der Waals surface area contributed by atoms with Gasteiger partial charge in [-0.2, -0.15) is 4.31 Å². The Morgan fingerprint density at radius 3 is 2.50 bits per heavy atom. The Hall–Kier alpha value is -1.70. The largest absolute Gasteiger partial charge is 0.321 e. The second kappa shape index (κ2) is 6.66. The number of carbonyl (C=O) groups is 1. The molecule has 1 aliphatic heterocycles. The van der Waals surface area contributed by atoms with Gasteiger partial charge in [-0.1, -0.05) is 18.2 Å². The van der Waals surface area contributed by atoms with Crippen LogP contribution >= 0.6 is 11.3 Å². The third kappa shape index (κ3) is 3.24. The predicted octanol–water partition coefficient (Wildman–Crippen LogP) is 3.40. The summed E-state index contributed by atoms with van der Waals surface area (Å²) in [6.45, 7) is 4.78. The molecule has 3 rings (SSSR count). The van der Waals surface area contributed by atoms with E-state index in [-0.39, 0.29) is 10.8 Å². The van der Waals surface area contributed by atoms with Crippen molar-refractivity contribution in [3.05, 3.63) is 45.6 Å². The van der Waals surface area contributed by atoms with Gasteiger partial charge in [0.2, 0.25) is 10.0 Å². The molecule has 0 radical (unpaired) electrons. The first-order chi connectivity index (χ1) is 11.4. The lowest BCUT2D eigenvalue weighted by Gasteiger charge is -2.14. The van der Waals surface area contributed by atoms with Gasteiger partial charge in [-0.25, -0.2) is 8.42 Å². The van der Waals surface area contributed by atoms with E-state index in [2.05, 4.69) is 5.32 Å². The molecule has 5 nitrogen and oxygen atoms in total. The highest BCUT2D eigenvalue weighted by Gasteiger charge is 2.30. The number of anilines is 1. The smallest absolute Gasteiger partial charge is 0.265 e. The van der Waals surface area contributed by atoms with E-state index >= 15 is 0 Å². The summed E-state index contributed by atoms with van der Waals surface area (Å²) in [5.41, 5.74) is 1.70. The zero-order valence-corrected chi connectivity index (χ0v) is 15.3. The maximum atomic E-state index is 12.7. The summed E-state index contributed by atoms with van der Waals surface area (Å²) >= 11 is 1.22. The molecule has 7 heteroatoms. The number of nitrogens with one attached hydrogen (secondary N) is 1. The van der Waals surface area contributed by atoms with E-state index in [9.17, 15) is 13.2 Å². The van der Waals surface area contributed by atoms with E-state index in [4.69, 9.17) is 0 Å². The second-order valence-corrected chi connectivity index (χ2v) is 9.07. The van der Waals surface area contributed by atoms with Crippen molar-refractivity contribution in [3.63, 3.8) is 0 Å². The number of aryl methyl sites for hydroxylation is 2. The maximum absolute atomic E-state index is 12.7. The first-order valence-electron chi connectivity index (χ1n) is 7.87. The van der Waals surface area contributed by atoms with Gasteiger partial charge in [0.15, 0.2) is 0 Å². The van der Waals surface area contributed by atoms with Gasteiger partial charge in [-0.05, 0) is 44.4 Å². The fourth-order valence-corrected chi connectivity index (χ4v) is 5.77. The van der Waals surface area contributed by atoms with Crippen LogP contribution in [0.15, 0.2) is 35.2 Å². The Morgan fingerprint density at radius 2 is 1.83 bits per heavy atom. The molecule has 0 atom stereocenters. The Balaban J connectivity index is 1.86. The lowest BCUT2D eigenvalue weighted by molar-refractivity contribution is 0.103. The quantitative estimate of drug-likeness (QED) is 0.904. The van der Waals surface area contributed by atoms with Crippen molar-refractivity contribution in [3.8, 4) is 0 Å². The molecule has 1 fully saturated rings. The lowest BCUT2D eigenvalue weighted by atomic mass is 10.2. The summed E-state index contributed by atoms with van der Waals surface area (Å²) in [5.74, 6) is -0.278. The lowest BCUT2D eigenvalue weighted by Crippen LogP contribution is -2.28. The van der Waals surface area contributed by atoms with Crippen LogP contribution < -0.4 is 5.32 Å². The van der Waals surface area contributed by atoms with Gasteiger partial charge < -0.3 is 5.32 Å². The monoisotopic (exact) mass is 364 g/mol. The number of carbonyl (C=O) groups excluding carboxylic acids is 1. The summed E-state index contributed by atoms with van der Waals surface area (Å²) < 4.78 is 26.9. The molecule has 0 saturated carbocycles. The zero-order valence-electron chi connectivity index (χ0n) is 13.7. The van der Waals surface area contributed by atoms with Crippen molar-refractivity contribution in [2.45, 2.75) is 31.6 Å².